The molecule has 0 atom stereocenters. The average Bonchev–Trinajstić information content (AvgIpc) is 2.80. The third-order valence-corrected chi connectivity index (χ3v) is 7.87. The first-order valence-electron chi connectivity index (χ1n) is 9.28. The van der Waals surface area contributed by atoms with E-state index in [1.165, 1.54) is 56.9 Å². The second-order valence-corrected chi connectivity index (χ2v) is 9.75. The van der Waals surface area contributed by atoms with Crippen LogP contribution in [0.15, 0.2) is 12.1 Å². The highest BCUT2D eigenvalue weighted by Gasteiger charge is 2.41. The van der Waals surface area contributed by atoms with Gasteiger partial charge < -0.3 is 42.7 Å². The summed E-state index contributed by atoms with van der Waals surface area (Å²) in [6, 6.07) is 3.35. The Morgan fingerprint density at radius 1 is 0.484 bits per heavy atom. The van der Waals surface area contributed by atoms with E-state index in [0.29, 0.717) is 56.4 Å². The Kier molecular flexibility index (Phi) is 7.74. The van der Waals surface area contributed by atoms with E-state index in [1.54, 1.807) is 18.7 Å². The minimum atomic E-state index is -3.53. The quantitative estimate of drug-likeness (QED) is 0.535. The Balaban J connectivity index is 2.96. The lowest BCUT2D eigenvalue weighted by Gasteiger charge is -2.29. The normalized spacial score (nSPS) is 10.9. The number of rotatable bonds is 10. The van der Waals surface area contributed by atoms with Crippen LogP contribution in [0, 0.1) is 0 Å². The first-order valence-corrected chi connectivity index (χ1v) is 11.7. The van der Waals surface area contributed by atoms with Crippen molar-refractivity contribution in [1.82, 2.24) is 0 Å². The molecule has 9 nitrogen and oxygen atoms in total. The molecule has 0 fully saturated rings. The van der Waals surface area contributed by atoms with Crippen LogP contribution in [0.1, 0.15) is 0 Å². The lowest BCUT2D eigenvalue weighted by molar-refractivity contribution is 0.306. The van der Waals surface area contributed by atoms with Crippen molar-refractivity contribution in [3.63, 3.8) is 0 Å². The van der Waals surface area contributed by atoms with Gasteiger partial charge >= 0.3 is 0 Å². The highest BCUT2D eigenvalue weighted by molar-refractivity contribution is 6.96. The van der Waals surface area contributed by atoms with E-state index in [0.717, 1.165) is 0 Å². The Bertz CT molecular complexity index is 855. The summed E-state index contributed by atoms with van der Waals surface area (Å²) in [4.78, 5) is 12.0. The Morgan fingerprint density at radius 2 is 0.774 bits per heavy atom. The largest absolute Gasteiger partial charge is 0.493 e. The molecule has 0 radical (unpaired) electrons. The number of ether oxygens (including phenoxy) is 8. The molecule has 31 heavy (non-hydrogen) atoms. The Hall–Kier alpha value is -2.98. The summed E-state index contributed by atoms with van der Waals surface area (Å²) in [6.07, 6.45) is 0. The van der Waals surface area contributed by atoms with Crippen LogP contribution >= 0.6 is 0 Å². The Labute approximate surface area is 183 Å². The van der Waals surface area contributed by atoms with Crippen molar-refractivity contribution < 1.29 is 42.7 Å². The molecular formula is C21H30O9Si. The molecule has 0 saturated heterocycles. The van der Waals surface area contributed by atoms with Gasteiger partial charge in [-0.3, -0.25) is 0 Å². The highest BCUT2D eigenvalue weighted by Crippen LogP contribution is 2.46. The summed E-state index contributed by atoms with van der Waals surface area (Å²) in [5.41, 5.74) is 0. The molecule has 0 saturated carbocycles. The summed E-state index contributed by atoms with van der Waals surface area (Å²) in [7, 11) is 8.43. The maximum Gasteiger partial charge on any atom is 0.257 e. The molecule has 172 valence electrons. The van der Waals surface area contributed by atoms with Gasteiger partial charge in [-0.05, 0) is 18.7 Å². The lowest BCUT2D eigenvalue weighted by atomic mass is 10.2. The summed E-state index contributed by atoms with van der Waals surface area (Å²) < 4.78 is 44.2. The van der Waals surface area contributed by atoms with Crippen LogP contribution in [0.3, 0.4) is 0 Å². The van der Waals surface area contributed by atoms with Gasteiger partial charge in [-0.15, -0.1) is 0 Å². The van der Waals surface area contributed by atoms with Crippen molar-refractivity contribution in [3.05, 3.63) is 12.1 Å². The van der Waals surface area contributed by atoms with Crippen LogP contribution in [-0.2, 0) is 0 Å². The molecule has 0 aliphatic heterocycles. The van der Waals surface area contributed by atoms with E-state index in [9.17, 15) is 4.80 Å². The van der Waals surface area contributed by atoms with Crippen LogP contribution in [0.2, 0.25) is 6.55 Å². The molecule has 0 aliphatic rings. The van der Waals surface area contributed by atoms with Gasteiger partial charge in [0.05, 0.1) is 56.9 Å². The molecule has 2 rings (SSSR count). The second-order valence-electron chi connectivity index (χ2n) is 6.52. The van der Waals surface area contributed by atoms with E-state index in [2.05, 4.69) is 0 Å². The second kappa shape index (κ2) is 9.88. The summed E-state index contributed by atoms with van der Waals surface area (Å²) in [6.45, 7) is 1.72. The Morgan fingerprint density at radius 3 is 1.00 bits per heavy atom. The minimum absolute atomic E-state index is 0.304. The number of hydrogen-bond acceptors (Lipinski definition) is 9. The van der Waals surface area contributed by atoms with E-state index >= 15 is 0 Å². The van der Waals surface area contributed by atoms with E-state index in [-0.39, 0.29) is 0 Å². The predicted molar refractivity (Wildman–Crippen MR) is 118 cm³/mol. The average molecular weight is 455 g/mol. The van der Waals surface area contributed by atoms with E-state index in [1.807, 2.05) is 0 Å². The van der Waals surface area contributed by atoms with Crippen molar-refractivity contribution in [2.45, 2.75) is 6.55 Å². The molecule has 0 unspecified atom stereocenters. The van der Waals surface area contributed by atoms with Gasteiger partial charge in [0.1, 0.15) is 0 Å². The van der Waals surface area contributed by atoms with Gasteiger partial charge in [-0.1, -0.05) is 0 Å². The first kappa shape index (κ1) is 24.3. The molecule has 0 bridgehead atoms. The number of hydrogen-bond donors (Lipinski definition) is 1. The van der Waals surface area contributed by atoms with Gasteiger partial charge in [0.2, 0.25) is 23.0 Å². The predicted octanol–water partition coefficient (Wildman–Crippen LogP) is 1.44. The highest BCUT2D eigenvalue weighted by atomic mass is 28.4. The minimum Gasteiger partial charge on any atom is -0.493 e. The van der Waals surface area contributed by atoms with Gasteiger partial charge in [0.25, 0.3) is 8.32 Å². The van der Waals surface area contributed by atoms with Crippen molar-refractivity contribution in [2.75, 3.05) is 56.9 Å². The zero-order valence-corrected chi connectivity index (χ0v) is 20.4. The zero-order chi connectivity index (χ0) is 23.3. The topological polar surface area (TPSA) is 94.1 Å². The van der Waals surface area contributed by atoms with Crippen molar-refractivity contribution in [2.24, 2.45) is 0 Å². The fraction of sp³-hybridized carbons (Fsp3) is 0.429. The summed E-state index contributed by atoms with van der Waals surface area (Å²) in [5, 5.41) is 0.967. The smallest absolute Gasteiger partial charge is 0.257 e. The molecule has 0 aromatic heterocycles. The van der Waals surface area contributed by atoms with Crippen molar-refractivity contribution in [3.8, 4) is 46.0 Å². The third-order valence-electron chi connectivity index (χ3n) is 5.03. The van der Waals surface area contributed by atoms with E-state index < -0.39 is 8.32 Å². The molecule has 10 heteroatoms. The number of benzene rings is 2. The van der Waals surface area contributed by atoms with Crippen LogP contribution in [0.5, 0.6) is 46.0 Å². The van der Waals surface area contributed by atoms with Crippen molar-refractivity contribution in [1.29, 1.82) is 0 Å². The van der Waals surface area contributed by atoms with Crippen LogP contribution < -0.4 is 48.3 Å². The summed E-state index contributed by atoms with van der Waals surface area (Å²) in [5.74, 6) is 2.74. The van der Waals surface area contributed by atoms with Crippen LogP contribution in [0.25, 0.3) is 0 Å². The van der Waals surface area contributed by atoms with Gasteiger partial charge in [0, 0.05) is 10.4 Å². The third kappa shape index (κ3) is 4.00. The van der Waals surface area contributed by atoms with Gasteiger partial charge in [0.15, 0.2) is 23.0 Å². The number of methoxy groups -OCH3 is 8. The van der Waals surface area contributed by atoms with E-state index in [4.69, 9.17) is 37.9 Å². The first-order chi connectivity index (χ1) is 14.8. The fourth-order valence-corrected chi connectivity index (χ4v) is 5.96. The molecular weight excluding hydrogens is 424 g/mol. The molecule has 2 aromatic rings. The molecule has 0 amide bonds. The zero-order valence-electron chi connectivity index (χ0n) is 19.4. The maximum atomic E-state index is 12.0. The summed E-state index contributed by atoms with van der Waals surface area (Å²) >= 11 is 0. The SMILES string of the molecule is COc1cc([Si](C)(O)c2cc(OC)c(OC)c(OC)c2OC)c(OC)c(OC)c1OC. The molecule has 0 aliphatic carbocycles. The fourth-order valence-electron chi connectivity index (χ4n) is 3.53. The lowest BCUT2D eigenvalue weighted by Crippen LogP contribution is -2.57. The van der Waals surface area contributed by atoms with Gasteiger partial charge in [-0.25, -0.2) is 0 Å². The molecule has 0 spiro atoms. The van der Waals surface area contributed by atoms with Crippen LogP contribution in [0.4, 0.5) is 0 Å². The standard InChI is InChI=1S/C21H30O9Si/c1-23-12-10-14(18(27-5)20(29-7)16(12)25-3)31(9,22)15-11-13(24-2)17(26-4)21(30-8)19(15)28-6/h10-11,22H,1-9H3. The van der Waals surface area contributed by atoms with Crippen molar-refractivity contribution >= 4 is 18.7 Å². The van der Waals surface area contributed by atoms with Crippen LogP contribution in [-0.4, -0.2) is 70.0 Å². The maximum absolute atomic E-state index is 12.0. The monoisotopic (exact) mass is 454 g/mol. The molecule has 1 N–H and O–H groups in total. The molecule has 0 heterocycles. The molecule has 2 aromatic carbocycles. The van der Waals surface area contributed by atoms with Gasteiger partial charge in [-0.2, -0.15) is 0 Å².